The van der Waals surface area contributed by atoms with Crippen LogP contribution < -0.4 is 10.6 Å². The van der Waals surface area contributed by atoms with Gasteiger partial charge in [0.25, 0.3) is 5.91 Å². The molecule has 0 radical (unpaired) electrons. The molecule has 2 aliphatic heterocycles. The Hall–Kier alpha value is -1.89. The highest BCUT2D eigenvalue weighted by molar-refractivity contribution is 7.12. The summed E-state index contributed by atoms with van der Waals surface area (Å²) in [6.07, 6.45) is 1.15. The van der Waals surface area contributed by atoms with Crippen LogP contribution >= 0.6 is 11.3 Å². The Labute approximate surface area is 126 Å². The fourth-order valence-corrected chi connectivity index (χ4v) is 3.52. The maximum atomic E-state index is 12.1. The van der Waals surface area contributed by atoms with E-state index in [1.165, 1.54) is 11.3 Å². The molecule has 1 aromatic rings. The predicted molar refractivity (Wildman–Crippen MR) is 77.9 cm³/mol. The average molecular weight is 307 g/mol. The third-order valence-corrected chi connectivity index (χ3v) is 4.87. The van der Waals surface area contributed by atoms with Crippen molar-refractivity contribution in [1.29, 1.82) is 0 Å². The Kier molecular flexibility index (Phi) is 3.67. The van der Waals surface area contributed by atoms with E-state index in [1.54, 1.807) is 17.9 Å². The van der Waals surface area contributed by atoms with E-state index in [0.717, 1.165) is 0 Å². The highest BCUT2D eigenvalue weighted by atomic mass is 32.1. The van der Waals surface area contributed by atoms with E-state index in [4.69, 9.17) is 0 Å². The van der Waals surface area contributed by atoms with Crippen LogP contribution in [0.5, 0.6) is 0 Å². The van der Waals surface area contributed by atoms with E-state index in [-0.39, 0.29) is 23.8 Å². The second-order valence-corrected chi connectivity index (χ2v) is 6.40. The van der Waals surface area contributed by atoms with E-state index in [0.29, 0.717) is 24.3 Å². The number of piperazine rings is 1. The van der Waals surface area contributed by atoms with Gasteiger partial charge in [-0.25, -0.2) is 0 Å². The minimum atomic E-state index is -0.462. The Morgan fingerprint density at radius 1 is 1.48 bits per heavy atom. The SMILES string of the molecule is C[C@H]1NC(=O)[C@@H]2C[C@@H](NC(=O)c3cccs3)CCN2C1=O. The summed E-state index contributed by atoms with van der Waals surface area (Å²) in [7, 11) is 0. The van der Waals surface area contributed by atoms with Crippen LogP contribution in [0.2, 0.25) is 0 Å². The fraction of sp³-hybridized carbons (Fsp3) is 0.500. The van der Waals surface area contributed by atoms with E-state index in [2.05, 4.69) is 10.6 Å². The minimum Gasteiger partial charge on any atom is -0.348 e. The second kappa shape index (κ2) is 5.48. The van der Waals surface area contributed by atoms with E-state index < -0.39 is 12.1 Å². The van der Waals surface area contributed by atoms with Gasteiger partial charge in [0.1, 0.15) is 12.1 Å². The van der Waals surface area contributed by atoms with Crippen LogP contribution in [-0.2, 0) is 9.59 Å². The van der Waals surface area contributed by atoms with Crippen molar-refractivity contribution in [3.05, 3.63) is 22.4 Å². The van der Waals surface area contributed by atoms with Gasteiger partial charge in [0.2, 0.25) is 11.8 Å². The molecule has 2 aliphatic rings. The summed E-state index contributed by atoms with van der Waals surface area (Å²) in [5.41, 5.74) is 0. The lowest BCUT2D eigenvalue weighted by Gasteiger charge is -2.43. The van der Waals surface area contributed by atoms with Crippen molar-refractivity contribution >= 4 is 29.1 Å². The molecule has 3 amide bonds. The first-order chi connectivity index (χ1) is 10.1. The lowest BCUT2D eigenvalue weighted by molar-refractivity contribution is -0.151. The number of nitrogens with one attached hydrogen (secondary N) is 2. The van der Waals surface area contributed by atoms with Gasteiger partial charge in [-0.1, -0.05) is 6.07 Å². The van der Waals surface area contributed by atoms with E-state index in [1.807, 2.05) is 11.4 Å². The Morgan fingerprint density at radius 2 is 2.29 bits per heavy atom. The number of hydrogen-bond acceptors (Lipinski definition) is 4. The molecule has 0 aliphatic carbocycles. The van der Waals surface area contributed by atoms with Crippen molar-refractivity contribution < 1.29 is 14.4 Å². The summed E-state index contributed by atoms with van der Waals surface area (Å²) in [6, 6.07) is 2.61. The van der Waals surface area contributed by atoms with Gasteiger partial charge in [-0.15, -0.1) is 11.3 Å². The third-order valence-electron chi connectivity index (χ3n) is 4.00. The number of nitrogens with zero attached hydrogens (tertiary/aromatic N) is 1. The van der Waals surface area contributed by atoms with Crippen molar-refractivity contribution in [3.8, 4) is 0 Å². The van der Waals surface area contributed by atoms with Crippen molar-refractivity contribution in [2.45, 2.75) is 37.9 Å². The molecule has 0 spiro atoms. The van der Waals surface area contributed by atoms with Crippen LogP contribution in [0, 0.1) is 0 Å². The van der Waals surface area contributed by atoms with Gasteiger partial charge < -0.3 is 15.5 Å². The predicted octanol–water partition coefficient (Wildman–Crippen LogP) is 0.356. The normalized spacial score (nSPS) is 28.8. The number of hydrogen-bond donors (Lipinski definition) is 2. The molecule has 3 atom stereocenters. The third kappa shape index (κ3) is 2.65. The van der Waals surface area contributed by atoms with E-state index >= 15 is 0 Å². The molecular weight excluding hydrogens is 290 g/mol. The second-order valence-electron chi connectivity index (χ2n) is 5.45. The van der Waals surface area contributed by atoms with Crippen molar-refractivity contribution in [2.75, 3.05) is 6.54 Å². The number of carbonyl (C=O) groups excluding carboxylic acids is 3. The summed E-state index contributed by atoms with van der Waals surface area (Å²) in [4.78, 5) is 38.4. The number of rotatable bonds is 2. The van der Waals surface area contributed by atoms with Crippen LogP contribution in [0.25, 0.3) is 0 Å². The lowest BCUT2D eigenvalue weighted by Crippen LogP contribution is -2.66. The van der Waals surface area contributed by atoms with Gasteiger partial charge in [-0.3, -0.25) is 14.4 Å². The fourth-order valence-electron chi connectivity index (χ4n) is 2.89. The van der Waals surface area contributed by atoms with Crippen LogP contribution in [-0.4, -0.2) is 47.3 Å². The highest BCUT2D eigenvalue weighted by Crippen LogP contribution is 2.22. The molecule has 0 saturated carbocycles. The number of fused-ring (bicyclic) bond motifs is 1. The summed E-state index contributed by atoms with van der Waals surface area (Å²) in [5, 5.41) is 7.50. The van der Waals surface area contributed by atoms with Crippen LogP contribution in [0.3, 0.4) is 0 Å². The largest absolute Gasteiger partial charge is 0.348 e. The first kappa shape index (κ1) is 14.1. The smallest absolute Gasteiger partial charge is 0.261 e. The molecule has 7 heteroatoms. The summed E-state index contributed by atoms with van der Waals surface area (Å²) >= 11 is 1.39. The number of piperidine rings is 1. The summed E-state index contributed by atoms with van der Waals surface area (Å²) < 4.78 is 0. The lowest BCUT2D eigenvalue weighted by atomic mass is 9.93. The van der Waals surface area contributed by atoms with Gasteiger partial charge in [0.15, 0.2) is 0 Å². The minimum absolute atomic E-state index is 0.0392. The molecule has 2 saturated heterocycles. The summed E-state index contributed by atoms with van der Waals surface area (Å²) in [5.74, 6) is -0.279. The highest BCUT2D eigenvalue weighted by Gasteiger charge is 2.42. The molecule has 1 aromatic heterocycles. The zero-order valence-corrected chi connectivity index (χ0v) is 12.5. The standard InChI is InChI=1S/C14H17N3O3S/c1-8-14(20)17-5-4-9(7-10(17)12(18)15-8)16-13(19)11-3-2-6-21-11/h2-3,6,8-10H,4-5,7H2,1H3,(H,15,18)(H,16,19)/t8-,9+,10+/m1/s1. The quantitative estimate of drug-likeness (QED) is 0.828. The monoisotopic (exact) mass is 307 g/mol. The Balaban J connectivity index is 1.65. The topological polar surface area (TPSA) is 78.5 Å². The van der Waals surface area contributed by atoms with E-state index in [9.17, 15) is 14.4 Å². The van der Waals surface area contributed by atoms with Gasteiger partial charge in [-0.2, -0.15) is 0 Å². The molecule has 0 aromatic carbocycles. The molecule has 112 valence electrons. The number of carbonyl (C=O) groups is 3. The first-order valence-corrected chi connectivity index (χ1v) is 7.89. The maximum Gasteiger partial charge on any atom is 0.261 e. The number of amides is 3. The first-order valence-electron chi connectivity index (χ1n) is 7.01. The molecule has 0 bridgehead atoms. The van der Waals surface area contributed by atoms with Gasteiger partial charge in [-0.05, 0) is 31.2 Å². The van der Waals surface area contributed by atoms with Gasteiger partial charge in [0.05, 0.1) is 4.88 Å². The van der Waals surface area contributed by atoms with Crippen LogP contribution in [0.1, 0.15) is 29.4 Å². The molecule has 2 N–H and O–H groups in total. The Morgan fingerprint density at radius 3 is 3.00 bits per heavy atom. The van der Waals surface area contributed by atoms with Crippen molar-refractivity contribution in [2.24, 2.45) is 0 Å². The zero-order valence-electron chi connectivity index (χ0n) is 11.7. The maximum absolute atomic E-state index is 12.1. The van der Waals surface area contributed by atoms with Crippen LogP contribution in [0.15, 0.2) is 17.5 Å². The van der Waals surface area contributed by atoms with Crippen LogP contribution in [0.4, 0.5) is 0 Å². The Bertz CT molecular complexity index is 572. The molecule has 21 heavy (non-hydrogen) atoms. The van der Waals surface area contributed by atoms with Crippen molar-refractivity contribution in [3.63, 3.8) is 0 Å². The number of thiophene rings is 1. The summed E-state index contributed by atoms with van der Waals surface area (Å²) in [6.45, 7) is 2.21. The van der Waals surface area contributed by atoms with Crippen molar-refractivity contribution in [1.82, 2.24) is 15.5 Å². The molecular formula is C14H17N3O3S. The van der Waals surface area contributed by atoms with Gasteiger partial charge in [0, 0.05) is 12.6 Å². The zero-order chi connectivity index (χ0) is 15.0. The molecule has 0 unspecified atom stereocenters. The molecule has 2 fully saturated rings. The molecule has 6 nitrogen and oxygen atoms in total. The molecule has 3 rings (SSSR count). The molecule has 3 heterocycles. The average Bonchev–Trinajstić information content (AvgIpc) is 2.99. The van der Waals surface area contributed by atoms with Gasteiger partial charge >= 0.3 is 0 Å².